The second-order valence-corrected chi connectivity index (χ2v) is 7.54. The first-order valence-corrected chi connectivity index (χ1v) is 8.47. The Morgan fingerprint density at radius 2 is 2.05 bits per heavy atom. The van der Waals surface area contributed by atoms with Gasteiger partial charge in [-0.2, -0.15) is 0 Å². The van der Waals surface area contributed by atoms with Crippen molar-refractivity contribution in [2.75, 3.05) is 11.9 Å². The van der Waals surface area contributed by atoms with Gasteiger partial charge in [-0.3, -0.25) is 0 Å². The van der Waals surface area contributed by atoms with E-state index in [1.54, 1.807) is 0 Å². The molecule has 20 heavy (non-hydrogen) atoms. The van der Waals surface area contributed by atoms with Crippen molar-refractivity contribution in [2.45, 2.75) is 45.1 Å². The van der Waals surface area contributed by atoms with Gasteiger partial charge in [0, 0.05) is 10.2 Å². The van der Waals surface area contributed by atoms with Crippen LogP contribution in [0.25, 0.3) is 0 Å². The Balaban J connectivity index is 2.07. The highest BCUT2D eigenvalue weighted by atomic mass is 79.9. The Hall–Kier alpha value is -0.250. The van der Waals surface area contributed by atoms with Crippen LogP contribution in [0.5, 0.6) is 0 Å². The van der Waals surface area contributed by atoms with E-state index >= 15 is 0 Å². The van der Waals surface area contributed by atoms with E-state index in [4.69, 9.17) is 11.6 Å². The van der Waals surface area contributed by atoms with E-state index in [9.17, 15) is 5.11 Å². The molecule has 2 rings (SSSR count). The summed E-state index contributed by atoms with van der Waals surface area (Å²) in [5.41, 5.74) is 0.830. The molecule has 0 aliphatic heterocycles. The highest BCUT2D eigenvalue weighted by Gasteiger charge is 2.35. The molecule has 0 radical (unpaired) electrons. The molecule has 1 fully saturated rings. The number of anilines is 1. The Kier molecular flexibility index (Phi) is 5.38. The third kappa shape index (κ3) is 3.69. The van der Waals surface area contributed by atoms with Crippen molar-refractivity contribution in [3.05, 3.63) is 27.7 Å². The zero-order valence-electron chi connectivity index (χ0n) is 12.1. The van der Waals surface area contributed by atoms with Gasteiger partial charge in [-0.1, -0.05) is 25.4 Å². The van der Waals surface area contributed by atoms with Gasteiger partial charge in [-0.15, -0.1) is 0 Å². The smallest absolute Gasteiger partial charge is 0.0661 e. The van der Waals surface area contributed by atoms with Crippen molar-refractivity contribution >= 4 is 33.2 Å². The van der Waals surface area contributed by atoms with Crippen molar-refractivity contribution in [1.82, 2.24) is 0 Å². The molecular weight excluding hydrogens is 338 g/mol. The van der Waals surface area contributed by atoms with Gasteiger partial charge in [0.1, 0.15) is 0 Å². The Labute approximate surface area is 135 Å². The van der Waals surface area contributed by atoms with E-state index in [2.05, 4.69) is 35.1 Å². The molecule has 1 aromatic rings. The topological polar surface area (TPSA) is 32.3 Å². The maximum Gasteiger partial charge on any atom is 0.0661 e. The minimum atomic E-state index is -0.182. The van der Waals surface area contributed by atoms with Crippen LogP contribution < -0.4 is 5.32 Å². The van der Waals surface area contributed by atoms with E-state index in [1.165, 1.54) is 12.8 Å². The molecule has 112 valence electrons. The maximum atomic E-state index is 9.85. The Morgan fingerprint density at radius 3 is 2.55 bits per heavy atom. The number of aliphatic hydroxyl groups excluding tert-OH is 1. The average Bonchev–Trinajstić information content (AvgIpc) is 2.43. The lowest BCUT2D eigenvalue weighted by molar-refractivity contribution is 0.136. The molecule has 0 atom stereocenters. The van der Waals surface area contributed by atoms with Gasteiger partial charge in [-0.05, 0) is 71.6 Å². The first-order valence-electron chi connectivity index (χ1n) is 7.30. The third-order valence-electron chi connectivity index (χ3n) is 4.56. The predicted molar refractivity (Wildman–Crippen MR) is 89.4 cm³/mol. The second-order valence-electron chi connectivity index (χ2n) is 6.27. The van der Waals surface area contributed by atoms with Gasteiger partial charge < -0.3 is 10.4 Å². The quantitative estimate of drug-likeness (QED) is 0.783. The van der Waals surface area contributed by atoms with Crippen LogP contribution in [0.3, 0.4) is 0 Å². The van der Waals surface area contributed by atoms with Crippen molar-refractivity contribution in [1.29, 1.82) is 0 Å². The first kappa shape index (κ1) is 16.1. The lowest BCUT2D eigenvalue weighted by atomic mass is 9.73. The molecule has 1 aliphatic rings. The molecule has 0 bridgehead atoms. The Morgan fingerprint density at radius 1 is 1.40 bits per heavy atom. The summed E-state index contributed by atoms with van der Waals surface area (Å²) in [6.07, 6.45) is 4.40. The molecule has 0 spiro atoms. The average molecular weight is 361 g/mol. The summed E-state index contributed by atoms with van der Waals surface area (Å²) in [6, 6.07) is 5.83. The maximum absolute atomic E-state index is 9.85. The molecule has 1 aliphatic carbocycles. The monoisotopic (exact) mass is 359 g/mol. The van der Waals surface area contributed by atoms with Crippen molar-refractivity contribution < 1.29 is 5.11 Å². The van der Waals surface area contributed by atoms with Gasteiger partial charge in [0.15, 0.2) is 0 Å². The van der Waals surface area contributed by atoms with E-state index < -0.39 is 0 Å². The Bertz CT molecular complexity index is 456. The van der Waals surface area contributed by atoms with Crippen molar-refractivity contribution in [3.63, 3.8) is 0 Å². The summed E-state index contributed by atoms with van der Waals surface area (Å²) in [5.74, 6) is 1.52. The molecule has 0 aromatic heterocycles. The fourth-order valence-electron chi connectivity index (χ4n) is 3.06. The van der Waals surface area contributed by atoms with Crippen LogP contribution in [0.2, 0.25) is 5.02 Å². The zero-order valence-corrected chi connectivity index (χ0v) is 14.5. The second kappa shape index (κ2) is 6.67. The highest BCUT2D eigenvalue weighted by molar-refractivity contribution is 9.10. The highest BCUT2D eigenvalue weighted by Crippen LogP contribution is 2.38. The molecular formula is C16H23BrClNO. The van der Waals surface area contributed by atoms with Gasteiger partial charge >= 0.3 is 0 Å². The van der Waals surface area contributed by atoms with E-state index in [1.807, 2.05) is 18.2 Å². The van der Waals surface area contributed by atoms with Gasteiger partial charge in [0.2, 0.25) is 0 Å². The standard InChI is InChI=1S/C16H23BrClNO/c1-11(2)12-5-7-16(10-20,8-6-12)19-13-3-4-15(18)14(17)9-13/h3-4,9,11-12,19-20H,5-8,10H2,1-2H3. The summed E-state index contributed by atoms with van der Waals surface area (Å²) in [6.45, 7) is 4.76. The number of hydrogen-bond acceptors (Lipinski definition) is 2. The molecule has 0 heterocycles. The summed E-state index contributed by atoms with van der Waals surface area (Å²) in [5, 5.41) is 14.1. The third-order valence-corrected chi connectivity index (χ3v) is 5.78. The number of nitrogens with one attached hydrogen (secondary N) is 1. The van der Waals surface area contributed by atoms with E-state index in [0.717, 1.165) is 34.8 Å². The number of benzene rings is 1. The molecule has 1 saturated carbocycles. The number of rotatable bonds is 4. The van der Waals surface area contributed by atoms with Crippen LogP contribution in [0.1, 0.15) is 39.5 Å². The number of aliphatic hydroxyl groups is 1. The molecule has 1 aromatic carbocycles. The molecule has 0 saturated heterocycles. The van der Waals surface area contributed by atoms with Crippen molar-refractivity contribution in [2.24, 2.45) is 11.8 Å². The van der Waals surface area contributed by atoms with Crippen LogP contribution >= 0.6 is 27.5 Å². The van der Waals surface area contributed by atoms with Crippen molar-refractivity contribution in [3.8, 4) is 0 Å². The summed E-state index contributed by atoms with van der Waals surface area (Å²) >= 11 is 9.47. The van der Waals surface area contributed by atoms with Crippen LogP contribution in [0.15, 0.2) is 22.7 Å². The molecule has 0 unspecified atom stereocenters. The lowest BCUT2D eigenvalue weighted by Crippen LogP contribution is -2.45. The fourth-order valence-corrected chi connectivity index (χ4v) is 3.56. The number of halogens is 2. The minimum absolute atomic E-state index is 0.179. The van der Waals surface area contributed by atoms with E-state index in [0.29, 0.717) is 5.02 Å². The van der Waals surface area contributed by atoms with Gasteiger partial charge in [0.05, 0.1) is 17.2 Å². The van der Waals surface area contributed by atoms with Gasteiger partial charge in [-0.25, -0.2) is 0 Å². The SMILES string of the molecule is CC(C)C1CCC(CO)(Nc2ccc(Cl)c(Br)c2)CC1. The fraction of sp³-hybridized carbons (Fsp3) is 0.625. The van der Waals surface area contributed by atoms with Crippen LogP contribution in [-0.2, 0) is 0 Å². The predicted octanol–water partition coefficient (Wildman–Crippen LogP) is 5.09. The first-order chi connectivity index (χ1) is 9.46. The molecule has 4 heteroatoms. The minimum Gasteiger partial charge on any atom is -0.394 e. The van der Waals surface area contributed by atoms with E-state index in [-0.39, 0.29) is 12.1 Å². The molecule has 2 nitrogen and oxygen atoms in total. The van der Waals surface area contributed by atoms with Crippen LogP contribution in [0.4, 0.5) is 5.69 Å². The largest absolute Gasteiger partial charge is 0.394 e. The normalized spacial score (nSPS) is 26.8. The summed E-state index contributed by atoms with van der Waals surface area (Å²) in [7, 11) is 0. The lowest BCUT2D eigenvalue weighted by Gasteiger charge is -2.41. The van der Waals surface area contributed by atoms with Crippen LogP contribution in [0, 0.1) is 11.8 Å². The summed E-state index contributed by atoms with van der Waals surface area (Å²) < 4.78 is 0.883. The van der Waals surface area contributed by atoms with Gasteiger partial charge in [0.25, 0.3) is 0 Å². The molecule has 0 amide bonds. The zero-order chi connectivity index (χ0) is 14.8. The van der Waals surface area contributed by atoms with Crippen LogP contribution in [-0.4, -0.2) is 17.3 Å². The summed E-state index contributed by atoms with van der Waals surface area (Å²) in [4.78, 5) is 0. The number of hydrogen-bond donors (Lipinski definition) is 2. The molecule has 2 N–H and O–H groups in total.